The van der Waals surface area contributed by atoms with Crippen molar-refractivity contribution in [2.45, 2.75) is 0 Å². The Kier molecular flexibility index (Phi) is 3.59. The second-order valence-corrected chi connectivity index (χ2v) is 3.96. The van der Waals surface area contributed by atoms with Crippen molar-refractivity contribution < 1.29 is 0 Å². The lowest BCUT2D eigenvalue weighted by Gasteiger charge is -2.00. The Morgan fingerprint density at radius 3 is 2.29 bits per heavy atom. The number of allylic oxidation sites excluding steroid dienone is 1. The third-order valence-corrected chi connectivity index (χ3v) is 2.75. The van der Waals surface area contributed by atoms with Gasteiger partial charge < -0.3 is 0 Å². The van der Waals surface area contributed by atoms with Crippen molar-refractivity contribution in [1.29, 1.82) is 5.26 Å². The highest BCUT2D eigenvalue weighted by Gasteiger charge is 2.01. The third kappa shape index (κ3) is 2.75. The fraction of sp³-hybridized carbons (Fsp3) is 0. The van der Waals surface area contributed by atoms with Gasteiger partial charge in [-0.25, -0.2) is 0 Å². The lowest BCUT2D eigenvalue weighted by Crippen LogP contribution is -1.81. The monoisotopic (exact) mass is 239 g/mol. The molecule has 2 rings (SSSR count). The largest absolute Gasteiger partial charge is 0.192 e. The quantitative estimate of drug-likeness (QED) is 0.563. The highest BCUT2D eigenvalue weighted by molar-refractivity contribution is 6.32. The van der Waals surface area contributed by atoms with Crippen LogP contribution in [0, 0.1) is 11.3 Å². The summed E-state index contributed by atoms with van der Waals surface area (Å²) in [6.45, 7) is 0. The van der Waals surface area contributed by atoms with Crippen molar-refractivity contribution in [3.05, 3.63) is 70.7 Å². The van der Waals surface area contributed by atoms with E-state index in [-0.39, 0.29) is 0 Å². The molecule has 0 aromatic heterocycles. The Morgan fingerprint density at radius 1 is 1.00 bits per heavy atom. The van der Waals surface area contributed by atoms with Crippen LogP contribution in [0.2, 0.25) is 5.02 Å². The molecule has 1 nitrogen and oxygen atoms in total. The Bertz CT molecular complexity index is 579. The zero-order valence-electron chi connectivity index (χ0n) is 9.10. The first-order chi connectivity index (χ1) is 8.31. The van der Waals surface area contributed by atoms with Gasteiger partial charge in [-0.15, -0.1) is 0 Å². The van der Waals surface area contributed by atoms with Crippen LogP contribution < -0.4 is 0 Å². The van der Waals surface area contributed by atoms with E-state index in [0.29, 0.717) is 10.6 Å². The highest BCUT2D eigenvalue weighted by Crippen LogP contribution is 2.22. The molecule has 0 unspecified atom stereocenters. The first kappa shape index (κ1) is 11.4. The summed E-state index contributed by atoms with van der Waals surface area (Å²) in [6, 6.07) is 19.2. The van der Waals surface area contributed by atoms with Crippen molar-refractivity contribution in [1.82, 2.24) is 0 Å². The molecule has 0 atom stereocenters. The van der Waals surface area contributed by atoms with Crippen LogP contribution in [0.4, 0.5) is 0 Å². The summed E-state index contributed by atoms with van der Waals surface area (Å²) in [5.74, 6) is 0. The topological polar surface area (TPSA) is 23.8 Å². The van der Waals surface area contributed by atoms with Gasteiger partial charge in [-0.05, 0) is 23.3 Å². The van der Waals surface area contributed by atoms with Gasteiger partial charge in [0.15, 0.2) is 0 Å². The predicted octanol–water partition coefficient (Wildman–Crippen LogP) is 4.40. The first-order valence-electron chi connectivity index (χ1n) is 5.23. The Labute approximate surface area is 106 Å². The van der Waals surface area contributed by atoms with Gasteiger partial charge >= 0.3 is 0 Å². The van der Waals surface area contributed by atoms with Gasteiger partial charge in [0.25, 0.3) is 0 Å². The number of nitriles is 1. The van der Waals surface area contributed by atoms with Gasteiger partial charge in [0, 0.05) is 5.02 Å². The molecule has 0 bridgehead atoms. The molecule has 2 aromatic rings. The van der Waals surface area contributed by atoms with Crippen LogP contribution in [-0.4, -0.2) is 0 Å². The zero-order valence-corrected chi connectivity index (χ0v) is 9.85. The summed E-state index contributed by atoms with van der Waals surface area (Å²) in [6.07, 6.45) is 1.80. The molecule has 0 fully saturated rings. The lowest BCUT2D eigenvalue weighted by molar-refractivity contribution is 1.52. The Balaban J connectivity index is 2.45. The van der Waals surface area contributed by atoms with E-state index in [4.69, 9.17) is 11.6 Å². The average molecular weight is 240 g/mol. The molecule has 0 heterocycles. The van der Waals surface area contributed by atoms with Crippen molar-refractivity contribution in [2.24, 2.45) is 0 Å². The fourth-order valence-corrected chi connectivity index (χ4v) is 1.74. The van der Waals surface area contributed by atoms with Crippen LogP contribution in [0.25, 0.3) is 11.6 Å². The average Bonchev–Trinajstić information content (AvgIpc) is 2.39. The lowest BCUT2D eigenvalue weighted by atomic mass is 10.0. The van der Waals surface area contributed by atoms with E-state index in [1.807, 2.05) is 54.6 Å². The number of nitrogens with zero attached hydrogens (tertiary/aromatic N) is 1. The number of benzene rings is 2. The minimum Gasteiger partial charge on any atom is -0.192 e. The van der Waals surface area contributed by atoms with E-state index in [2.05, 4.69) is 6.07 Å². The van der Waals surface area contributed by atoms with Gasteiger partial charge in [-0.2, -0.15) is 5.26 Å². The highest BCUT2D eigenvalue weighted by atomic mass is 35.5. The second-order valence-electron chi connectivity index (χ2n) is 3.56. The van der Waals surface area contributed by atoms with Crippen LogP contribution >= 0.6 is 11.6 Å². The molecule has 2 heteroatoms. The van der Waals surface area contributed by atoms with Gasteiger partial charge in [0.2, 0.25) is 0 Å². The van der Waals surface area contributed by atoms with E-state index in [1.165, 1.54) is 0 Å². The molecule has 0 amide bonds. The first-order valence-corrected chi connectivity index (χ1v) is 5.61. The second kappa shape index (κ2) is 5.34. The summed E-state index contributed by atoms with van der Waals surface area (Å²) in [4.78, 5) is 0. The van der Waals surface area contributed by atoms with E-state index in [1.54, 1.807) is 6.08 Å². The molecule has 0 N–H and O–H groups in total. The Hall–Kier alpha value is -2.04. The van der Waals surface area contributed by atoms with Crippen molar-refractivity contribution in [2.75, 3.05) is 0 Å². The van der Waals surface area contributed by atoms with Crippen molar-refractivity contribution in [3.63, 3.8) is 0 Å². The smallest absolute Gasteiger partial charge is 0.0998 e. The van der Waals surface area contributed by atoms with Crippen LogP contribution in [0.15, 0.2) is 54.6 Å². The summed E-state index contributed by atoms with van der Waals surface area (Å²) in [5, 5.41) is 9.82. The normalized spacial score (nSPS) is 10.9. The SMILES string of the molecule is N#C/C(=C\c1ccccc1Cl)c1ccccc1. The molecule has 0 radical (unpaired) electrons. The summed E-state index contributed by atoms with van der Waals surface area (Å²) in [5.41, 5.74) is 2.36. The summed E-state index contributed by atoms with van der Waals surface area (Å²) < 4.78 is 0. The van der Waals surface area contributed by atoms with Gasteiger partial charge in [0.1, 0.15) is 0 Å². The number of halogens is 1. The molecule has 0 aliphatic carbocycles. The molecule has 0 saturated heterocycles. The van der Waals surface area contributed by atoms with Gasteiger partial charge in [-0.1, -0.05) is 60.1 Å². The summed E-state index contributed by atoms with van der Waals surface area (Å²) in [7, 11) is 0. The van der Waals surface area contributed by atoms with Crippen LogP contribution in [-0.2, 0) is 0 Å². The van der Waals surface area contributed by atoms with E-state index in [9.17, 15) is 5.26 Å². The Morgan fingerprint density at radius 2 is 1.65 bits per heavy atom. The number of hydrogen-bond acceptors (Lipinski definition) is 1. The maximum absolute atomic E-state index is 9.17. The van der Waals surface area contributed by atoms with Gasteiger partial charge in [-0.3, -0.25) is 0 Å². The number of hydrogen-bond donors (Lipinski definition) is 0. The maximum Gasteiger partial charge on any atom is 0.0998 e. The molecular formula is C15H10ClN. The minimum atomic E-state index is 0.610. The van der Waals surface area contributed by atoms with E-state index < -0.39 is 0 Å². The van der Waals surface area contributed by atoms with Crippen LogP contribution in [0.5, 0.6) is 0 Å². The number of rotatable bonds is 2. The molecule has 82 valence electrons. The van der Waals surface area contributed by atoms with Crippen LogP contribution in [0.1, 0.15) is 11.1 Å². The van der Waals surface area contributed by atoms with Crippen LogP contribution in [0.3, 0.4) is 0 Å². The third-order valence-electron chi connectivity index (χ3n) is 2.41. The molecule has 0 saturated carbocycles. The maximum atomic E-state index is 9.17. The van der Waals surface area contributed by atoms with E-state index >= 15 is 0 Å². The summed E-state index contributed by atoms with van der Waals surface area (Å²) >= 11 is 6.06. The molecule has 0 aliphatic heterocycles. The molecule has 0 spiro atoms. The molecular weight excluding hydrogens is 230 g/mol. The standard InChI is InChI=1S/C15H10ClN/c16-15-9-5-4-8-13(15)10-14(11-17)12-6-2-1-3-7-12/h1-10H/b14-10+. The minimum absolute atomic E-state index is 0.610. The molecule has 2 aromatic carbocycles. The van der Waals surface area contributed by atoms with Gasteiger partial charge in [0.05, 0.1) is 11.6 Å². The predicted molar refractivity (Wildman–Crippen MR) is 71.4 cm³/mol. The van der Waals surface area contributed by atoms with E-state index in [0.717, 1.165) is 11.1 Å². The molecule has 0 aliphatic rings. The zero-order chi connectivity index (χ0) is 12.1. The molecule has 17 heavy (non-hydrogen) atoms. The van der Waals surface area contributed by atoms with Crippen molar-refractivity contribution in [3.8, 4) is 6.07 Å². The fourth-order valence-electron chi connectivity index (χ4n) is 1.55. The van der Waals surface area contributed by atoms with Crippen molar-refractivity contribution >= 4 is 23.3 Å².